The summed E-state index contributed by atoms with van der Waals surface area (Å²) >= 11 is 0. The summed E-state index contributed by atoms with van der Waals surface area (Å²) in [6.45, 7) is 6.44. The first-order valence-electron chi connectivity index (χ1n) is 7.63. The number of aliphatic hydroxyl groups is 1. The van der Waals surface area contributed by atoms with Gasteiger partial charge in [0.05, 0.1) is 24.9 Å². The molecule has 3 rings (SSSR count). The van der Waals surface area contributed by atoms with Gasteiger partial charge in [-0.25, -0.2) is 0 Å². The summed E-state index contributed by atoms with van der Waals surface area (Å²) in [6.07, 6.45) is 3.84. The van der Waals surface area contributed by atoms with Crippen molar-refractivity contribution in [3.05, 3.63) is 0 Å². The Kier molecular flexibility index (Phi) is 3.87. The number of fused-ring (bicyclic) bond motifs is 1. The van der Waals surface area contributed by atoms with Gasteiger partial charge in [0.1, 0.15) is 0 Å². The molecular formula is C15H26O4. The largest absolute Gasteiger partial charge is 0.393 e. The zero-order valence-electron chi connectivity index (χ0n) is 12.0. The first-order chi connectivity index (χ1) is 9.08. The SMILES string of the molecule is CC1(C)OC[C@@H]2[C@H]1CC(O)[C@@H]2COC1CCCCO1. The van der Waals surface area contributed by atoms with E-state index in [4.69, 9.17) is 14.2 Å². The van der Waals surface area contributed by atoms with Crippen LogP contribution in [0.4, 0.5) is 0 Å². The minimum Gasteiger partial charge on any atom is -0.393 e. The molecule has 110 valence electrons. The molecule has 0 spiro atoms. The summed E-state index contributed by atoms with van der Waals surface area (Å²) in [5.74, 6) is 1.11. The van der Waals surface area contributed by atoms with Gasteiger partial charge in [0.2, 0.25) is 0 Å². The predicted molar refractivity (Wildman–Crippen MR) is 70.7 cm³/mol. The monoisotopic (exact) mass is 270 g/mol. The third-order valence-electron chi connectivity index (χ3n) is 5.21. The summed E-state index contributed by atoms with van der Waals surface area (Å²) in [7, 11) is 0. The molecule has 1 saturated carbocycles. The molecule has 1 N–H and O–H groups in total. The van der Waals surface area contributed by atoms with E-state index in [2.05, 4.69) is 13.8 Å². The van der Waals surface area contributed by atoms with Crippen molar-refractivity contribution in [2.75, 3.05) is 19.8 Å². The normalized spacial score (nSPS) is 45.3. The molecule has 2 unspecified atom stereocenters. The first-order valence-corrected chi connectivity index (χ1v) is 7.63. The van der Waals surface area contributed by atoms with Crippen molar-refractivity contribution in [3.8, 4) is 0 Å². The summed E-state index contributed by atoms with van der Waals surface area (Å²) < 4.78 is 17.3. The van der Waals surface area contributed by atoms with Crippen molar-refractivity contribution in [3.63, 3.8) is 0 Å². The molecule has 2 saturated heterocycles. The Hall–Kier alpha value is -0.160. The van der Waals surface area contributed by atoms with Gasteiger partial charge < -0.3 is 19.3 Å². The average Bonchev–Trinajstić information content (AvgIpc) is 2.86. The maximum Gasteiger partial charge on any atom is 0.157 e. The fraction of sp³-hybridized carbons (Fsp3) is 1.00. The van der Waals surface area contributed by atoms with Gasteiger partial charge in [-0.15, -0.1) is 0 Å². The van der Waals surface area contributed by atoms with E-state index in [1.807, 2.05) is 0 Å². The molecule has 3 aliphatic rings. The summed E-state index contributed by atoms with van der Waals surface area (Å²) in [6, 6.07) is 0. The molecule has 0 amide bonds. The van der Waals surface area contributed by atoms with Crippen LogP contribution in [0.2, 0.25) is 0 Å². The van der Waals surface area contributed by atoms with E-state index in [9.17, 15) is 5.11 Å². The molecule has 2 aliphatic heterocycles. The smallest absolute Gasteiger partial charge is 0.157 e. The second-order valence-electron chi connectivity index (χ2n) is 6.78. The molecular weight excluding hydrogens is 244 g/mol. The second-order valence-corrected chi connectivity index (χ2v) is 6.78. The minimum atomic E-state index is -0.248. The highest BCUT2D eigenvalue weighted by Crippen LogP contribution is 2.49. The van der Waals surface area contributed by atoms with Crippen LogP contribution in [0, 0.1) is 17.8 Å². The number of rotatable bonds is 3. The zero-order valence-corrected chi connectivity index (χ0v) is 12.0. The molecule has 4 heteroatoms. The molecule has 0 bridgehead atoms. The van der Waals surface area contributed by atoms with E-state index in [1.54, 1.807) is 0 Å². The molecule has 19 heavy (non-hydrogen) atoms. The van der Waals surface area contributed by atoms with E-state index in [1.165, 1.54) is 6.42 Å². The average molecular weight is 270 g/mol. The van der Waals surface area contributed by atoms with Crippen LogP contribution in [0.25, 0.3) is 0 Å². The molecule has 4 nitrogen and oxygen atoms in total. The molecule has 0 radical (unpaired) electrons. The molecule has 1 aliphatic carbocycles. The van der Waals surface area contributed by atoms with Gasteiger partial charge in [-0.05, 0) is 51.4 Å². The van der Waals surface area contributed by atoms with Gasteiger partial charge in [-0.2, -0.15) is 0 Å². The van der Waals surface area contributed by atoms with Crippen molar-refractivity contribution in [1.82, 2.24) is 0 Å². The van der Waals surface area contributed by atoms with Crippen molar-refractivity contribution in [2.24, 2.45) is 17.8 Å². The van der Waals surface area contributed by atoms with Crippen LogP contribution in [-0.4, -0.2) is 42.9 Å². The molecule has 2 heterocycles. The number of hydrogen-bond acceptors (Lipinski definition) is 4. The Morgan fingerprint density at radius 2 is 2.16 bits per heavy atom. The second kappa shape index (κ2) is 5.32. The number of ether oxygens (including phenoxy) is 3. The fourth-order valence-corrected chi connectivity index (χ4v) is 3.95. The van der Waals surface area contributed by atoms with Gasteiger partial charge in [0, 0.05) is 12.5 Å². The summed E-state index contributed by atoms with van der Waals surface area (Å²) in [5, 5.41) is 10.3. The van der Waals surface area contributed by atoms with Crippen molar-refractivity contribution in [2.45, 2.75) is 57.5 Å². The zero-order chi connectivity index (χ0) is 13.5. The van der Waals surface area contributed by atoms with E-state index in [-0.39, 0.29) is 23.9 Å². The molecule has 5 atom stereocenters. The van der Waals surface area contributed by atoms with Crippen LogP contribution >= 0.6 is 0 Å². The summed E-state index contributed by atoms with van der Waals surface area (Å²) in [4.78, 5) is 0. The van der Waals surface area contributed by atoms with Crippen LogP contribution in [-0.2, 0) is 14.2 Å². The Morgan fingerprint density at radius 1 is 1.32 bits per heavy atom. The Balaban J connectivity index is 1.56. The third kappa shape index (κ3) is 2.68. The van der Waals surface area contributed by atoms with Crippen LogP contribution < -0.4 is 0 Å². The van der Waals surface area contributed by atoms with Crippen LogP contribution in [0.15, 0.2) is 0 Å². The van der Waals surface area contributed by atoms with E-state index in [0.29, 0.717) is 18.4 Å². The molecule has 0 aromatic heterocycles. The van der Waals surface area contributed by atoms with Gasteiger partial charge in [-0.3, -0.25) is 0 Å². The standard InChI is InChI=1S/C15H26O4/c1-15(2)12-7-13(16)11(10(12)9-19-15)8-18-14-5-3-4-6-17-14/h10-14,16H,3-9H2,1-2H3/t10-,11+,12+,13?,14?/m0/s1. The van der Waals surface area contributed by atoms with Crippen molar-refractivity contribution in [1.29, 1.82) is 0 Å². The minimum absolute atomic E-state index is 0.0599. The summed E-state index contributed by atoms with van der Waals surface area (Å²) in [5.41, 5.74) is -0.0955. The van der Waals surface area contributed by atoms with Gasteiger partial charge >= 0.3 is 0 Å². The van der Waals surface area contributed by atoms with Crippen LogP contribution in [0.3, 0.4) is 0 Å². The van der Waals surface area contributed by atoms with Gasteiger partial charge in [0.25, 0.3) is 0 Å². The van der Waals surface area contributed by atoms with Crippen molar-refractivity contribution >= 4 is 0 Å². The molecule has 0 aromatic carbocycles. The van der Waals surface area contributed by atoms with E-state index < -0.39 is 0 Å². The van der Waals surface area contributed by atoms with E-state index >= 15 is 0 Å². The Bertz CT molecular complexity index is 311. The highest BCUT2D eigenvalue weighted by molar-refractivity contribution is 5.01. The lowest BCUT2D eigenvalue weighted by Crippen LogP contribution is -2.31. The van der Waals surface area contributed by atoms with Gasteiger partial charge in [0.15, 0.2) is 6.29 Å². The Morgan fingerprint density at radius 3 is 2.89 bits per heavy atom. The topological polar surface area (TPSA) is 47.9 Å². The lowest BCUT2D eigenvalue weighted by Gasteiger charge is -2.26. The predicted octanol–water partition coefficient (Wildman–Crippen LogP) is 1.95. The maximum absolute atomic E-state index is 10.3. The van der Waals surface area contributed by atoms with Crippen LogP contribution in [0.5, 0.6) is 0 Å². The molecule has 3 fully saturated rings. The highest BCUT2D eigenvalue weighted by Gasteiger charge is 2.53. The third-order valence-corrected chi connectivity index (χ3v) is 5.21. The quantitative estimate of drug-likeness (QED) is 0.851. The fourth-order valence-electron chi connectivity index (χ4n) is 3.95. The number of hydrogen-bond donors (Lipinski definition) is 1. The van der Waals surface area contributed by atoms with Crippen molar-refractivity contribution < 1.29 is 19.3 Å². The lowest BCUT2D eigenvalue weighted by molar-refractivity contribution is -0.175. The highest BCUT2D eigenvalue weighted by atomic mass is 16.7. The number of aliphatic hydroxyl groups excluding tert-OH is 1. The lowest BCUT2D eigenvalue weighted by atomic mass is 9.83. The maximum atomic E-state index is 10.3. The molecule has 0 aromatic rings. The first kappa shape index (κ1) is 13.8. The van der Waals surface area contributed by atoms with Gasteiger partial charge in [-0.1, -0.05) is 0 Å². The van der Waals surface area contributed by atoms with E-state index in [0.717, 1.165) is 32.5 Å². The Labute approximate surface area is 115 Å². The van der Waals surface area contributed by atoms with Crippen LogP contribution in [0.1, 0.15) is 39.5 Å².